The summed E-state index contributed by atoms with van der Waals surface area (Å²) in [6, 6.07) is 7.22. The predicted molar refractivity (Wildman–Crippen MR) is 128 cm³/mol. The molecule has 0 bridgehead atoms. The second-order valence-electron chi connectivity index (χ2n) is 7.22. The number of amides is 1. The van der Waals surface area contributed by atoms with Crippen LogP contribution in [0.2, 0.25) is 0 Å². The number of nitrogens with zero attached hydrogens (tertiary/aromatic N) is 1. The van der Waals surface area contributed by atoms with Crippen molar-refractivity contribution in [2.24, 2.45) is 0 Å². The fourth-order valence-corrected chi connectivity index (χ4v) is 5.09. The van der Waals surface area contributed by atoms with Gasteiger partial charge in [0, 0.05) is 23.4 Å². The molecule has 3 aromatic rings. The van der Waals surface area contributed by atoms with Gasteiger partial charge >= 0.3 is 5.97 Å². The third-order valence-corrected chi connectivity index (χ3v) is 6.45. The highest BCUT2D eigenvalue weighted by Crippen LogP contribution is 2.38. The van der Waals surface area contributed by atoms with E-state index >= 15 is 0 Å². The van der Waals surface area contributed by atoms with Crippen molar-refractivity contribution in [3.05, 3.63) is 46.0 Å². The summed E-state index contributed by atoms with van der Waals surface area (Å²) in [7, 11) is 0. The van der Waals surface area contributed by atoms with E-state index in [-0.39, 0.29) is 24.8 Å². The topological polar surface area (TPSA) is 81.0 Å². The molecule has 0 radical (unpaired) electrons. The average molecular weight is 479 g/mol. The summed E-state index contributed by atoms with van der Waals surface area (Å²) in [5, 5.41) is 4.19. The monoisotopic (exact) mass is 478 g/mol. The zero-order valence-corrected chi connectivity index (χ0v) is 20.0. The SMILES string of the molecule is CCOC(=O)c1c(NC(=O)c2cc3cccc(OCC)c3o2)sc2c1CCN(CC)C2.Cl. The lowest BCUT2D eigenvalue weighted by Gasteiger charge is -2.25. The first-order chi connectivity index (χ1) is 15.0. The van der Waals surface area contributed by atoms with Gasteiger partial charge in [-0.25, -0.2) is 4.79 Å². The molecule has 3 heterocycles. The maximum atomic E-state index is 13.0. The molecule has 0 aliphatic carbocycles. The maximum Gasteiger partial charge on any atom is 0.341 e. The molecule has 1 amide bonds. The highest BCUT2D eigenvalue weighted by molar-refractivity contribution is 7.17. The normalized spacial score (nSPS) is 13.3. The fraction of sp³-hybridized carbons (Fsp3) is 0.391. The minimum atomic E-state index is -0.407. The molecule has 1 N–H and O–H groups in total. The van der Waals surface area contributed by atoms with Crippen LogP contribution < -0.4 is 10.1 Å². The summed E-state index contributed by atoms with van der Waals surface area (Å²) in [4.78, 5) is 29.1. The first kappa shape index (κ1) is 24.1. The number of hydrogen-bond acceptors (Lipinski definition) is 7. The molecule has 1 aliphatic rings. The smallest absolute Gasteiger partial charge is 0.341 e. The molecule has 7 nitrogen and oxygen atoms in total. The second kappa shape index (κ2) is 10.4. The molecule has 172 valence electrons. The van der Waals surface area contributed by atoms with E-state index in [1.54, 1.807) is 13.0 Å². The van der Waals surface area contributed by atoms with Crippen LogP contribution in [0.15, 0.2) is 28.7 Å². The van der Waals surface area contributed by atoms with Gasteiger partial charge in [-0.1, -0.05) is 19.1 Å². The Morgan fingerprint density at radius 2 is 2.03 bits per heavy atom. The Hall–Kier alpha value is -2.55. The van der Waals surface area contributed by atoms with Crippen molar-refractivity contribution in [1.82, 2.24) is 4.90 Å². The predicted octanol–water partition coefficient (Wildman–Crippen LogP) is 5.12. The number of carbonyl (C=O) groups excluding carboxylic acids is 2. The number of thiophene rings is 1. The maximum absolute atomic E-state index is 13.0. The molecule has 32 heavy (non-hydrogen) atoms. The fourth-order valence-electron chi connectivity index (χ4n) is 3.82. The number of para-hydroxylation sites is 1. The number of hydrogen-bond donors (Lipinski definition) is 1. The van der Waals surface area contributed by atoms with Crippen molar-refractivity contribution in [3.8, 4) is 5.75 Å². The zero-order valence-electron chi connectivity index (χ0n) is 18.4. The lowest BCUT2D eigenvalue weighted by molar-refractivity contribution is 0.0526. The molecular weight excluding hydrogens is 452 g/mol. The minimum absolute atomic E-state index is 0. The van der Waals surface area contributed by atoms with Crippen LogP contribution in [-0.4, -0.2) is 43.1 Å². The number of furan rings is 1. The third kappa shape index (κ3) is 4.62. The van der Waals surface area contributed by atoms with Crippen molar-refractivity contribution >= 4 is 51.6 Å². The number of anilines is 1. The number of fused-ring (bicyclic) bond motifs is 2. The van der Waals surface area contributed by atoms with E-state index in [1.807, 2.05) is 25.1 Å². The van der Waals surface area contributed by atoms with E-state index in [0.717, 1.165) is 41.9 Å². The number of nitrogens with one attached hydrogen (secondary N) is 1. The van der Waals surface area contributed by atoms with Gasteiger partial charge in [-0.2, -0.15) is 0 Å². The van der Waals surface area contributed by atoms with Crippen LogP contribution in [0.4, 0.5) is 5.00 Å². The summed E-state index contributed by atoms with van der Waals surface area (Å²) in [6.07, 6.45) is 0.756. The first-order valence-corrected chi connectivity index (χ1v) is 11.4. The van der Waals surface area contributed by atoms with Gasteiger partial charge in [0.15, 0.2) is 17.1 Å². The van der Waals surface area contributed by atoms with Crippen LogP contribution in [0.5, 0.6) is 5.75 Å². The van der Waals surface area contributed by atoms with Crippen LogP contribution in [0, 0.1) is 0 Å². The zero-order chi connectivity index (χ0) is 22.0. The molecule has 9 heteroatoms. The van der Waals surface area contributed by atoms with Crippen LogP contribution in [-0.2, 0) is 17.7 Å². The highest BCUT2D eigenvalue weighted by atomic mass is 35.5. The quantitative estimate of drug-likeness (QED) is 0.474. The number of likely N-dealkylation sites (N-methyl/N-ethyl adjacent to an activating group) is 1. The van der Waals surface area contributed by atoms with Crippen LogP contribution in [0.1, 0.15) is 52.1 Å². The lowest BCUT2D eigenvalue weighted by Crippen LogP contribution is -2.30. The van der Waals surface area contributed by atoms with Crippen LogP contribution >= 0.6 is 23.7 Å². The van der Waals surface area contributed by atoms with Gasteiger partial charge in [-0.15, -0.1) is 23.7 Å². The number of carbonyl (C=O) groups is 2. The van der Waals surface area contributed by atoms with E-state index in [1.165, 1.54) is 11.3 Å². The Kier molecular flexibility index (Phi) is 7.82. The van der Waals surface area contributed by atoms with Gasteiger partial charge in [0.2, 0.25) is 0 Å². The van der Waals surface area contributed by atoms with Crippen LogP contribution in [0.25, 0.3) is 11.0 Å². The van der Waals surface area contributed by atoms with E-state index in [2.05, 4.69) is 17.1 Å². The highest BCUT2D eigenvalue weighted by Gasteiger charge is 2.29. The third-order valence-electron chi connectivity index (χ3n) is 5.32. The summed E-state index contributed by atoms with van der Waals surface area (Å²) in [5.41, 5.74) is 1.98. The van der Waals surface area contributed by atoms with E-state index in [9.17, 15) is 9.59 Å². The van der Waals surface area contributed by atoms with E-state index < -0.39 is 11.9 Å². The largest absolute Gasteiger partial charge is 0.490 e. The Morgan fingerprint density at radius 1 is 1.22 bits per heavy atom. The number of ether oxygens (including phenoxy) is 2. The summed E-state index contributed by atoms with van der Waals surface area (Å²) in [6.45, 7) is 9.15. The Labute approximate surface area is 197 Å². The molecule has 2 aromatic heterocycles. The van der Waals surface area contributed by atoms with Gasteiger partial charge in [-0.05, 0) is 44.5 Å². The van der Waals surface area contributed by atoms with Crippen LogP contribution in [0.3, 0.4) is 0 Å². The molecule has 0 unspecified atom stereocenters. The molecule has 1 aliphatic heterocycles. The van der Waals surface area contributed by atoms with Crippen molar-refractivity contribution in [3.63, 3.8) is 0 Å². The molecule has 0 saturated heterocycles. The van der Waals surface area contributed by atoms with Gasteiger partial charge < -0.3 is 19.2 Å². The number of rotatable bonds is 7. The number of halogens is 1. The van der Waals surface area contributed by atoms with Crippen molar-refractivity contribution < 1.29 is 23.5 Å². The lowest BCUT2D eigenvalue weighted by atomic mass is 10.0. The molecule has 0 fully saturated rings. The van der Waals surface area contributed by atoms with Gasteiger partial charge in [-0.3, -0.25) is 9.69 Å². The van der Waals surface area contributed by atoms with Crippen molar-refractivity contribution in [2.75, 3.05) is 31.6 Å². The van der Waals surface area contributed by atoms with Gasteiger partial charge in [0.05, 0.1) is 18.8 Å². The summed E-state index contributed by atoms with van der Waals surface area (Å²) in [5.74, 6) is -0.0466. The first-order valence-electron chi connectivity index (χ1n) is 10.6. The summed E-state index contributed by atoms with van der Waals surface area (Å²) < 4.78 is 16.7. The molecule has 0 atom stereocenters. The molecular formula is C23H27ClN2O5S. The molecule has 0 saturated carbocycles. The van der Waals surface area contributed by atoms with E-state index in [0.29, 0.717) is 28.5 Å². The summed E-state index contributed by atoms with van der Waals surface area (Å²) >= 11 is 1.44. The Balaban J connectivity index is 0.00000289. The standard InChI is InChI=1S/C23H26N2O5S.ClH/c1-4-25-11-10-15-18(13-25)31-22(19(15)23(27)29-6-3)24-21(26)17-12-14-8-7-9-16(28-5-2)20(14)30-17;/h7-9,12H,4-6,10-11,13H2,1-3H3,(H,24,26);1H. The number of benzene rings is 1. The van der Waals surface area contributed by atoms with E-state index in [4.69, 9.17) is 13.9 Å². The Bertz CT molecular complexity index is 1120. The Morgan fingerprint density at radius 3 is 2.75 bits per heavy atom. The molecule has 0 spiro atoms. The van der Waals surface area contributed by atoms with Gasteiger partial charge in [0.25, 0.3) is 5.91 Å². The minimum Gasteiger partial charge on any atom is -0.490 e. The van der Waals surface area contributed by atoms with Gasteiger partial charge in [0.1, 0.15) is 5.00 Å². The molecule has 1 aromatic carbocycles. The van der Waals surface area contributed by atoms with Crippen molar-refractivity contribution in [1.29, 1.82) is 0 Å². The van der Waals surface area contributed by atoms with Crippen molar-refractivity contribution in [2.45, 2.75) is 33.7 Å². The average Bonchev–Trinajstić information content (AvgIpc) is 3.35. The second-order valence-corrected chi connectivity index (χ2v) is 8.32. The number of esters is 1. The molecule has 4 rings (SSSR count).